The third-order valence-electron chi connectivity index (χ3n) is 4.53. The fourth-order valence-corrected chi connectivity index (χ4v) is 3.98. The van der Waals surface area contributed by atoms with E-state index in [1.165, 1.54) is 16.8 Å². The Bertz CT molecular complexity index is 917. The second-order valence-electron chi connectivity index (χ2n) is 9.25. The van der Waals surface area contributed by atoms with E-state index in [0.29, 0.717) is 0 Å². The molecule has 0 aliphatic carbocycles. The van der Waals surface area contributed by atoms with Crippen molar-refractivity contribution in [2.45, 2.75) is 76.8 Å². The van der Waals surface area contributed by atoms with Crippen LogP contribution in [0.1, 0.15) is 47.8 Å². The average molecular weight is 473 g/mol. The lowest BCUT2D eigenvalue weighted by molar-refractivity contribution is -0.197. The summed E-state index contributed by atoms with van der Waals surface area (Å²) in [4.78, 5) is 29.4. The Labute approximate surface area is 188 Å². The van der Waals surface area contributed by atoms with Gasteiger partial charge in [-0.25, -0.2) is 4.79 Å². The highest BCUT2D eigenvalue weighted by Crippen LogP contribution is 2.54. The first-order chi connectivity index (χ1) is 14.2. The predicted molar refractivity (Wildman–Crippen MR) is 120 cm³/mol. The zero-order chi connectivity index (χ0) is 23.6. The number of aromatic nitrogens is 2. The molecule has 1 aliphatic heterocycles. The standard InChI is InChI=1S/C20H32N3O6PS/c1-8-11-26-16-15(29-30(25,31)20(5,6)7)13(12-27-19(2,3)4)28-17(16)23-10-9-14(21)22-18(23)24/h1,9-10,13,15-17H,11-12H2,2-7H3,(H,25,31)(H2,21,22,24)/p-1/t13-,15+,16?,17-,30?/m1/s1. The Morgan fingerprint density at radius 2 is 2.00 bits per heavy atom. The van der Waals surface area contributed by atoms with Gasteiger partial charge in [0.1, 0.15) is 30.7 Å². The van der Waals surface area contributed by atoms with Gasteiger partial charge in [-0.2, -0.15) is 4.98 Å². The molecule has 2 rings (SSSR count). The average Bonchev–Trinajstić information content (AvgIpc) is 2.93. The van der Waals surface area contributed by atoms with E-state index in [9.17, 15) is 9.69 Å². The van der Waals surface area contributed by atoms with E-state index in [1.54, 1.807) is 20.8 Å². The summed E-state index contributed by atoms with van der Waals surface area (Å²) in [5.41, 5.74) is 4.50. The van der Waals surface area contributed by atoms with Gasteiger partial charge in [-0.1, -0.05) is 38.5 Å². The van der Waals surface area contributed by atoms with Crippen molar-refractivity contribution in [2.24, 2.45) is 0 Å². The van der Waals surface area contributed by atoms with Crippen LogP contribution in [0, 0.1) is 12.3 Å². The van der Waals surface area contributed by atoms with Gasteiger partial charge in [0.2, 0.25) is 0 Å². The lowest BCUT2D eigenvalue weighted by Gasteiger charge is -2.43. The van der Waals surface area contributed by atoms with Crippen LogP contribution in [-0.2, 0) is 30.5 Å². The van der Waals surface area contributed by atoms with Gasteiger partial charge in [0, 0.05) is 17.8 Å². The fourth-order valence-electron chi connectivity index (χ4n) is 2.79. The minimum Gasteiger partial charge on any atom is -0.800 e. The van der Waals surface area contributed by atoms with Crippen LogP contribution in [0.5, 0.6) is 0 Å². The van der Waals surface area contributed by atoms with Crippen molar-refractivity contribution >= 4 is 24.1 Å². The maximum Gasteiger partial charge on any atom is 0.351 e. The first-order valence-corrected chi connectivity index (χ1v) is 12.5. The Morgan fingerprint density at radius 3 is 2.52 bits per heavy atom. The van der Waals surface area contributed by atoms with Gasteiger partial charge in [0.05, 0.1) is 12.2 Å². The molecule has 2 unspecified atom stereocenters. The SMILES string of the molecule is C#CCOC1[C@@H](OP([O-])(=S)C(C)(C)C)[C@@H](COC(C)(C)C)O[C@H]1n1ccc(N)nc1=O. The van der Waals surface area contributed by atoms with Crippen molar-refractivity contribution in [1.29, 1.82) is 0 Å². The number of nitrogen functional groups attached to an aromatic ring is 1. The van der Waals surface area contributed by atoms with Crippen molar-refractivity contribution in [2.75, 3.05) is 18.9 Å². The van der Waals surface area contributed by atoms with Gasteiger partial charge in [0.15, 0.2) is 6.23 Å². The Hall–Kier alpha value is -1.31. The number of nitrogens with zero attached hydrogens (tertiary/aromatic N) is 2. The van der Waals surface area contributed by atoms with Crippen molar-refractivity contribution in [3.05, 3.63) is 22.7 Å². The molecule has 0 bridgehead atoms. The summed E-state index contributed by atoms with van der Waals surface area (Å²) in [6.07, 6.45) is 3.36. The molecule has 0 radical (unpaired) electrons. The largest absolute Gasteiger partial charge is 0.800 e. The van der Waals surface area contributed by atoms with Gasteiger partial charge in [-0.05, 0) is 26.8 Å². The number of nitrogens with two attached hydrogens (primary N) is 1. The van der Waals surface area contributed by atoms with Crippen molar-refractivity contribution in [3.8, 4) is 12.3 Å². The molecule has 11 heteroatoms. The number of anilines is 1. The third-order valence-corrected chi connectivity index (χ3v) is 8.60. The summed E-state index contributed by atoms with van der Waals surface area (Å²) >= 11 is 5.34. The van der Waals surface area contributed by atoms with Crippen LogP contribution in [0.2, 0.25) is 0 Å². The normalized spacial score (nSPS) is 26.4. The monoisotopic (exact) mass is 472 g/mol. The van der Waals surface area contributed by atoms with E-state index in [4.69, 9.17) is 42.7 Å². The number of rotatable bonds is 7. The van der Waals surface area contributed by atoms with Crippen LogP contribution in [0.4, 0.5) is 5.82 Å². The molecule has 1 saturated heterocycles. The fraction of sp³-hybridized carbons (Fsp3) is 0.700. The van der Waals surface area contributed by atoms with Crippen LogP contribution in [0.3, 0.4) is 0 Å². The molecule has 31 heavy (non-hydrogen) atoms. The number of terminal acetylenes is 1. The van der Waals surface area contributed by atoms with Crippen LogP contribution in [-0.4, -0.2) is 51.8 Å². The molecule has 2 heterocycles. The van der Waals surface area contributed by atoms with Crippen LogP contribution in [0.15, 0.2) is 17.1 Å². The highest BCUT2D eigenvalue weighted by Gasteiger charge is 2.49. The summed E-state index contributed by atoms with van der Waals surface area (Å²) in [6.45, 7) is 7.36. The highest BCUT2D eigenvalue weighted by atomic mass is 32.5. The molecule has 1 aromatic rings. The van der Waals surface area contributed by atoms with E-state index in [2.05, 4.69) is 10.9 Å². The maximum absolute atomic E-state index is 13.2. The van der Waals surface area contributed by atoms with Crippen molar-refractivity contribution < 1.29 is 23.6 Å². The zero-order valence-electron chi connectivity index (χ0n) is 18.7. The number of hydrogen-bond acceptors (Lipinski definition) is 9. The Morgan fingerprint density at radius 1 is 1.35 bits per heavy atom. The quantitative estimate of drug-likeness (QED) is 0.464. The summed E-state index contributed by atoms with van der Waals surface area (Å²) in [5, 5.41) is -0.799. The summed E-state index contributed by atoms with van der Waals surface area (Å²) in [5.74, 6) is 2.47. The first kappa shape index (κ1) is 25.9. The molecule has 0 saturated carbocycles. The first-order valence-electron chi connectivity index (χ1n) is 9.85. The minimum absolute atomic E-state index is 0.0727. The van der Waals surface area contributed by atoms with Crippen LogP contribution >= 0.6 is 6.49 Å². The Balaban J connectivity index is 2.48. The second-order valence-corrected chi connectivity index (χ2v) is 13.2. The summed E-state index contributed by atoms with van der Waals surface area (Å²) in [7, 11) is 0. The molecule has 5 atom stereocenters. The molecule has 0 aromatic carbocycles. The number of ether oxygens (including phenoxy) is 3. The molecular formula is C20H31N3O6PS-. The second kappa shape index (κ2) is 9.67. The highest BCUT2D eigenvalue weighted by molar-refractivity contribution is 8.09. The molecule has 0 spiro atoms. The Kier molecular flexibility index (Phi) is 8.10. The lowest BCUT2D eigenvalue weighted by atomic mass is 10.1. The molecular weight excluding hydrogens is 441 g/mol. The predicted octanol–water partition coefficient (Wildman–Crippen LogP) is 1.41. The molecule has 2 N–H and O–H groups in total. The van der Waals surface area contributed by atoms with Gasteiger partial charge in [0.25, 0.3) is 0 Å². The van der Waals surface area contributed by atoms with Crippen LogP contribution < -0.4 is 16.3 Å². The van der Waals surface area contributed by atoms with E-state index in [-0.39, 0.29) is 19.0 Å². The summed E-state index contributed by atoms with van der Waals surface area (Å²) < 4.78 is 25.0. The summed E-state index contributed by atoms with van der Waals surface area (Å²) in [6, 6.07) is 1.46. The van der Waals surface area contributed by atoms with Gasteiger partial charge >= 0.3 is 5.69 Å². The maximum atomic E-state index is 13.2. The van der Waals surface area contributed by atoms with E-state index >= 15 is 0 Å². The van der Waals surface area contributed by atoms with Crippen molar-refractivity contribution in [1.82, 2.24) is 9.55 Å². The molecule has 0 amide bonds. The molecule has 1 aromatic heterocycles. The van der Waals surface area contributed by atoms with E-state index in [1.807, 2.05) is 20.8 Å². The third kappa shape index (κ3) is 6.59. The van der Waals surface area contributed by atoms with Crippen molar-refractivity contribution in [3.63, 3.8) is 0 Å². The minimum atomic E-state index is -3.54. The zero-order valence-corrected chi connectivity index (χ0v) is 20.4. The lowest BCUT2D eigenvalue weighted by Crippen LogP contribution is -2.42. The van der Waals surface area contributed by atoms with Crippen LogP contribution in [0.25, 0.3) is 0 Å². The molecule has 1 aliphatic rings. The van der Waals surface area contributed by atoms with E-state index in [0.717, 1.165) is 0 Å². The molecule has 9 nitrogen and oxygen atoms in total. The van der Waals surface area contributed by atoms with Gasteiger partial charge in [-0.3, -0.25) is 4.57 Å². The molecule has 1 fully saturated rings. The smallest absolute Gasteiger partial charge is 0.351 e. The van der Waals surface area contributed by atoms with Gasteiger partial charge in [-0.15, -0.1) is 6.42 Å². The number of hydrogen-bond donors (Lipinski definition) is 1. The topological polar surface area (TPSA) is 121 Å². The van der Waals surface area contributed by atoms with Gasteiger partial charge < -0.3 is 29.4 Å². The molecule has 174 valence electrons. The van der Waals surface area contributed by atoms with E-state index < -0.39 is 47.5 Å².